The van der Waals surface area contributed by atoms with Crippen LogP contribution in [0.2, 0.25) is 0 Å². The van der Waals surface area contributed by atoms with E-state index in [0.717, 1.165) is 0 Å². The molecular formula is C16H25NO2. The monoisotopic (exact) mass is 263 g/mol. The Kier molecular flexibility index (Phi) is 4.61. The van der Waals surface area contributed by atoms with Crippen molar-refractivity contribution < 1.29 is 10.2 Å². The highest BCUT2D eigenvalue weighted by Crippen LogP contribution is 2.25. The lowest BCUT2D eigenvalue weighted by Crippen LogP contribution is -2.49. The molecule has 3 nitrogen and oxygen atoms in total. The highest BCUT2D eigenvalue weighted by Gasteiger charge is 2.25. The molecule has 0 aliphatic heterocycles. The highest BCUT2D eigenvalue weighted by molar-refractivity contribution is 5.35. The maximum Gasteiger partial charge on any atom is 0.0633 e. The number of aliphatic hydroxyl groups is 2. The summed E-state index contributed by atoms with van der Waals surface area (Å²) in [5, 5.41) is 22.0. The van der Waals surface area contributed by atoms with E-state index in [-0.39, 0.29) is 19.3 Å². The van der Waals surface area contributed by atoms with E-state index in [4.69, 9.17) is 0 Å². The minimum absolute atomic E-state index is 0.0707. The van der Waals surface area contributed by atoms with E-state index in [1.165, 1.54) is 42.4 Å². The molecular weight excluding hydrogens is 238 g/mol. The Bertz CT molecular complexity index is 427. The van der Waals surface area contributed by atoms with Crippen molar-refractivity contribution in [2.45, 2.75) is 51.1 Å². The van der Waals surface area contributed by atoms with Crippen LogP contribution in [0.25, 0.3) is 0 Å². The lowest BCUT2D eigenvalue weighted by Gasteiger charge is -2.31. The molecule has 0 radical (unpaired) electrons. The second-order valence-corrected chi connectivity index (χ2v) is 5.98. The topological polar surface area (TPSA) is 52.5 Å². The summed E-state index contributed by atoms with van der Waals surface area (Å²) >= 11 is 0. The van der Waals surface area contributed by atoms with Crippen LogP contribution in [0.4, 0.5) is 0 Å². The average molecular weight is 263 g/mol. The smallest absolute Gasteiger partial charge is 0.0633 e. The molecule has 0 fully saturated rings. The molecule has 0 amide bonds. The van der Waals surface area contributed by atoms with Crippen molar-refractivity contribution in [2.24, 2.45) is 0 Å². The molecule has 19 heavy (non-hydrogen) atoms. The van der Waals surface area contributed by atoms with E-state index in [1.54, 1.807) is 0 Å². The van der Waals surface area contributed by atoms with Crippen molar-refractivity contribution in [3.8, 4) is 0 Å². The number of hydrogen-bond acceptors (Lipinski definition) is 3. The summed E-state index contributed by atoms with van der Waals surface area (Å²) in [6.45, 7) is 3.77. The molecule has 1 aromatic carbocycles. The number of nitrogens with one attached hydrogen (secondary N) is 1. The molecule has 3 N–H and O–H groups in total. The molecule has 0 bridgehead atoms. The maximum absolute atomic E-state index is 9.35. The summed E-state index contributed by atoms with van der Waals surface area (Å²) in [7, 11) is 0. The third-order valence-electron chi connectivity index (χ3n) is 4.14. The number of aryl methyl sites for hydroxylation is 2. The van der Waals surface area contributed by atoms with Crippen LogP contribution < -0.4 is 5.32 Å². The molecule has 1 unspecified atom stereocenters. The number of benzene rings is 1. The third kappa shape index (κ3) is 3.35. The van der Waals surface area contributed by atoms with Crippen LogP contribution in [-0.2, 0) is 12.8 Å². The van der Waals surface area contributed by atoms with Crippen LogP contribution in [0, 0.1) is 0 Å². The zero-order valence-corrected chi connectivity index (χ0v) is 11.9. The van der Waals surface area contributed by atoms with Crippen LogP contribution in [0.3, 0.4) is 0 Å². The molecule has 106 valence electrons. The summed E-state index contributed by atoms with van der Waals surface area (Å²) in [5.74, 6) is 0. The van der Waals surface area contributed by atoms with Gasteiger partial charge in [0.2, 0.25) is 0 Å². The molecule has 0 heterocycles. The predicted molar refractivity (Wildman–Crippen MR) is 77.2 cm³/mol. The van der Waals surface area contributed by atoms with Crippen molar-refractivity contribution in [3.63, 3.8) is 0 Å². The Morgan fingerprint density at radius 1 is 1.16 bits per heavy atom. The minimum atomic E-state index is -0.630. The first-order valence-electron chi connectivity index (χ1n) is 7.19. The van der Waals surface area contributed by atoms with E-state index < -0.39 is 5.54 Å². The number of fused-ring (bicyclic) bond motifs is 1. The Morgan fingerprint density at radius 3 is 2.42 bits per heavy atom. The average Bonchev–Trinajstić information content (AvgIpc) is 2.46. The summed E-state index contributed by atoms with van der Waals surface area (Å²) < 4.78 is 0. The fourth-order valence-corrected chi connectivity index (χ4v) is 2.77. The van der Waals surface area contributed by atoms with Crippen molar-refractivity contribution in [3.05, 3.63) is 34.9 Å². The fourth-order valence-electron chi connectivity index (χ4n) is 2.77. The van der Waals surface area contributed by atoms with Crippen LogP contribution in [-0.4, -0.2) is 29.0 Å². The number of rotatable bonds is 5. The minimum Gasteiger partial charge on any atom is -0.394 e. The molecule has 1 atom stereocenters. The molecule has 0 saturated heterocycles. The first-order chi connectivity index (χ1) is 9.08. The molecule has 2 rings (SSSR count). The van der Waals surface area contributed by atoms with E-state index in [0.29, 0.717) is 0 Å². The van der Waals surface area contributed by atoms with E-state index in [9.17, 15) is 10.2 Å². The Balaban J connectivity index is 2.13. The van der Waals surface area contributed by atoms with Crippen molar-refractivity contribution in [2.75, 3.05) is 13.2 Å². The predicted octanol–water partition coefficient (Wildman–Crippen LogP) is 1.96. The van der Waals surface area contributed by atoms with Gasteiger partial charge in [-0.25, -0.2) is 0 Å². The lowest BCUT2D eigenvalue weighted by molar-refractivity contribution is 0.0957. The lowest BCUT2D eigenvalue weighted by atomic mass is 9.89. The van der Waals surface area contributed by atoms with Gasteiger partial charge >= 0.3 is 0 Å². The van der Waals surface area contributed by atoms with Gasteiger partial charge in [0, 0.05) is 6.04 Å². The Labute approximate surface area is 115 Å². The molecule has 0 spiro atoms. The standard InChI is InChI=1S/C16H25NO2/c1-12(17-16(2,10-18)11-19)14-8-7-13-5-3-4-6-15(13)9-14/h7-9,12,17-19H,3-6,10-11H2,1-2H3. The van der Waals surface area contributed by atoms with Gasteiger partial charge in [-0.05, 0) is 56.2 Å². The Hall–Kier alpha value is -0.900. The van der Waals surface area contributed by atoms with E-state index >= 15 is 0 Å². The third-order valence-corrected chi connectivity index (χ3v) is 4.14. The van der Waals surface area contributed by atoms with Gasteiger partial charge in [0.25, 0.3) is 0 Å². The summed E-state index contributed by atoms with van der Waals surface area (Å²) in [5.41, 5.74) is 3.55. The van der Waals surface area contributed by atoms with E-state index in [2.05, 4.69) is 30.4 Å². The van der Waals surface area contributed by atoms with Crippen LogP contribution >= 0.6 is 0 Å². The van der Waals surface area contributed by atoms with Gasteiger partial charge in [-0.3, -0.25) is 0 Å². The van der Waals surface area contributed by atoms with Gasteiger partial charge < -0.3 is 15.5 Å². The van der Waals surface area contributed by atoms with Gasteiger partial charge in [-0.1, -0.05) is 18.2 Å². The maximum atomic E-state index is 9.35. The van der Waals surface area contributed by atoms with Crippen LogP contribution in [0.5, 0.6) is 0 Å². The number of hydrogen-bond donors (Lipinski definition) is 3. The van der Waals surface area contributed by atoms with E-state index in [1.807, 2.05) is 6.92 Å². The molecule has 1 aromatic rings. The van der Waals surface area contributed by atoms with Gasteiger partial charge in [-0.15, -0.1) is 0 Å². The Morgan fingerprint density at radius 2 is 1.79 bits per heavy atom. The van der Waals surface area contributed by atoms with Crippen molar-refractivity contribution >= 4 is 0 Å². The van der Waals surface area contributed by atoms with Gasteiger partial charge in [0.15, 0.2) is 0 Å². The van der Waals surface area contributed by atoms with Gasteiger partial charge in [0.05, 0.1) is 18.8 Å². The zero-order chi connectivity index (χ0) is 13.9. The largest absolute Gasteiger partial charge is 0.394 e. The normalized spacial score (nSPS) is 17.1. The quantitative estimate of drug-likeness (QED) is 0.761. The summed E-state index contributed by atoms with van der Waals surface area (Å²) in [4.78, 5) is 0. The van der Waals surface area contributed by atoms with Crippen molar-refractivity contribution in [1.29, 1.82) is 0 Å². The van der Waals surface area contributed by atoms with Gasteiger partial charge in [0.1, 0.15) is 0 Å². The second-order valence-electron chi connectivity index (χ2n) is 5.98. The summed E-state index contributed by atoms with van der Waals surface area (Å²) in [6.07, 6.45) is 4.95. The van der Waals surface area contributed by atoms with Gasteiger partial charge in [-0.2, -0.15) is 0 Å². The fraction of sp³-hybridized carbons (Fsp3) is 0.625. The van der Waals surface area contributed by atoms with Crippen LogP contribution in [0.1, 0.15) is 49.4 Å². The molecule has 0 aromatic heterocycles. The zero-order valence-electron chi connectivity index (χ0n) is 11.9. The highest BCUT2D eigenvalue weighted by atomic mass is 16.3. The number of aliphatic hydroxyl groups excluding tert-OH is 2. The molecule has 3 heteroatoms. The van der Waals surface area contributed by atoms with Crippen LogP contribution in [0.15, 0.2) is 18.2 Å². The molecule has 1 aliphatic carbocycles. The van der Waals surface area contributed by atoms with Crippen molar-refractivity contribution in [1.82, 2.24) is 5.32 Å². The molecule has 0 saturated carbocycles. The second kappa shape index (κ2) is 6.04. The SMILES string of the molecule is CC(NC(C)(CO)CO)c1ccc2c(c1)CCCC2. The first-order valence-corrected chi connectivity index (χ1v) is 7.19. The summed E-state index contributed by atoms with van der Waals surface area (Å²) in [6, 6.07) is 6.80. The first kappa shape index (κ1) is 14.5. The molecule has 1 aliphatic rings.